The molecular weight excluding hydrogens is 178 g/mol. The van der Waals surface area contributed by atoms with Crippen LogP contribution in [0.4, 0.5) is 0 Å². The highest BCUT2D eigenvalue weighted by Gasteiger charge is 2.37. The second kappa shape index (κ2) is 4.30. The van der Waals surface area contributed by atoms with Gasteiger partial charge >= 0.3 is 5.97 Å². The predicted molar refractivity (Wildman–Crippen MR) is 53.9 cm³/mol. The van der Waals surface area contributed by atoms with Crippen LogP contribution in [0.5, 0.6) is 0 Å². The van der Waals surface area contributed by atoms with Crippen LogP contribution < -0.4 is 5.32 Å². The van der Waals surface area contributed by atoms with Gasteiger partial charge in [-0.3, -0.25) is 4.79 Å². The number of carbonyl (C=O) groups excluding carboxylic acids is 1. The summed E-state index contributed by atoms with van der Waals surface area (Å²) in [4.78, 5) is 11.2. The van der Waals surface area contributed by atoms with E-state index in [2.05, 4.69) is 5.32 Å². The van der Waals surface area contributed by atoms with Crippen molar-refractivity contribution < 1.29 is 9.53 Å². The van der Waals surface area contributed by atoms with E-state index < -0.39 is 0 Å². The highest BCUT2D eigenvalue weighted by Crippen LogP contribution is 2.36. The molecule has 0 bridgehead atoms. The van der Waals surface area contributed by atoms with Gasteiger partial charge < -0.3 is 10.1 Å². The van der Waals surface area contributed by atoms with Gasteiger partial charge in [0, 0.05) is 12.5 Å². The van der Waals surface area contributed by atoms with Crippen LogP contribution in [0, 0.1) is 11.8 Å². The second-order valence-corrected chi connectivity index (χ2v) is 4.50. The summed E-state index contributed by atoms with van der Waals surface area (Å²) in [6, 6.07) is 0.679. The third-order valence-electron chi connectivity index (χ3n) is 3.72. The van der Waals surface area contributed by atoms with Gasteiger partial charge in [-0.05, 0) is 31.2 Å². The average molecular weight is 197 g/mol. The summed E-state index contributed by atoms with van der Waals surface area (Å²) in [5.41, 5.74) is 0. The molecule has 1 heterocycles. The second-order valence-electron chi connectivity index (χ2n) is 4.50. The number of ether oxygens (including phenoxy) is 1. The van der Waals surface area contributed by atoms with Gasteiger partial charge in [0.2, 0.25) is 0 Å². The maximum atomic E-state index is 11.2. The largest absolute Gasteiger partial charge is 0.469 e. The molecule has 1 N–H and O–H groups in total. The molecule has 2 aliphatic rings. The van der Waals surface area contributed by atoms with E-state index in [4.69, 9.17) is 4.74 Å². The van der Waals surface area contributed by atoms with E-state index in [1.165, 1.54) is 32.8 Å². The summed E-state index contributed by atoms with van der Waals surface area (Å²) < 4.78 is 4.73. The summed E-state index contributed by atoms with van der Waals surface area (Å²) >= 11 is 0. The lowest BCUT2D eigenvalue weighted by atomic mass is 9.79. The van der Waals surface area contributed by atoms with E-state index >= 15 is 0 Å². The monoisotopic (exact) mass is 197 g/mol. The molecule has 1 aliphatic heterocycles. The minimum absolute atomic E-state index is 0.0528. The van der Waals surface area contributed by atoms with Gasteiger partial charge in [0.25, 0.3) is 0 Å². The topological polar surface area (TPSA) is 38.3 Å². The molecule has 3 heteroatoms. The van der Waals surface area contributed by atoms with Crippen molar-refractivity contribution >= 4 is 5.97 Å². The number of rotatable bonds is 2. The predicted octanol–water partition coefficient (Wildman–Crippen LogP) is 1.33. The Balaban J connectivity index is 1.90. The van der Waals surface area contributed by atoms with Crippen LogP contribution in [0.25, 0.3) is 0 Å². The van der Waals surface area contributed by atoms with Gasteiger partial charge in [0.15, 0.2) is 0 Å². The van der Waals surface area contributed by atoms with E-state index in [1.807, 2.05) is 0 Å². The number of fused-ring (bicyclic) bond motifs is 1. The minimum Gasteiger partial charge on any atom is -0.469 e. The third kappa shape index (κ3) is 1.92. The fourth-order valence-corrected chi connectivity index (χ4v) is 2.95. The maximum Gasteiger partial charge on any atom is 0.305 e. The molecule has 3 unspecified atom stereocenters. The molecule has 14 heavy (non-hydrogen) atoms. The van der Waals surface area contributed by atoms with Crippen LogP contribution in [0.3, 0.4) is 0 Å². The van der Waals surface area contributed by atoms with Crippen molar-refractivity contribution in [3.63, 3.8) is 0 Å². The van der Waals surface area contributed by atoms with Crippen molar-refractivity contribution in [2.75, 3.05) is 13.7 Å². The molecule has 0 aromatic heterocycles. The Labute approximate surface area is 85.2 Å². The molecule has 1 saturated heterocycles. The van der Waals surface area contributed by atoms with E-state index in [1.54, 1.807) is 0 Å². The van der Waals surface area contributed by atoms with Crippen LogP contribution in [0.1, 0.15) is 32.1 Å². The van der Waals surface area contributed by atoms with Crippen molar-refractivity contribution in [1.82, 2.24) is 5.32 Å². The molecule has 0 aromatic carbocycles. The molecule has 0 aromatic rings. The first-order valence-electron chi connectivity index (χ1n) is 5.61. The molecule has 0 spiro atoms. The Morgan fingerprint density at radius 3 is 3.00 bits per heavy atom. The summed E-state index contributed by atoms with van der Waals surface area (Å²) in [5, 5.41) is 3.53. The van der Waals surface area contributed by atoms with Crippen LogP contribution in [0.15, 0.2) is 0 Å². The third-order valence-corrected chi connectivity index (χ3v) is 3.72. The van der Waals surface area contributed by atoms with Crippen LogP contribution in [0.2, 0.25) is 0 Å². The molecule has 3 atom stereocenters. The lowest BCUT2D eigenvalue weighted by Crippen LogP contribution is -2.30. The minimum atomic E-state index is -0.0528. The standard InChI is InChI=1S/C11H19NO2/c1-14-11(13)6-8-7-12-10-5-3-2-4-9(8)10/h8-10,12H,2-7H2,1H3. The first-order valence-corrected chi connectivity index (χ1v) is 5.61. The summed E-state index contributed by atoms with van der Waals surface area (Å²) in [5.74, 6) is 1.19. The van der Waals surface area contributed by atoms with Gasteiger partial charge in [0.05, 0.1) is 7.11 Å². The maximum absolute atomic E-state index is 11.2. The highest BCUT2D eigenvalue weighted by atomic mass is 16.5. The van der Waals surface area contributed by atoms with Gasteiger partial charge in [-0.25, -0.2) is 0 Å². The fourth-order valence-electron chi connectivity index (χ4n) is 2.95. The smallest absolute Gasteiger partial charge is 0.305 e. The lowest BCUT2D eigenvalue weighted by molar-refractivity contribution is -0.142. The van der Waals surface area contributed by atoms with E-state index in [-0.39, 0.29) is 5.97 Å². The molecule has 3 nitrogen and oxygen atoms in total. The zero-order valence-corrected chi connectivity index (χ0v) is 8.79. The fraction of sp³-hybridized carbons (Fsp3) is 0.909. The number of esters is 1. The summed E-state index contributed by atoms with van der Waals surface area (Å²) in [6.07, 6.45) is 5.87. The summed E-state index contributed by atoms with van der Waals surface area (Å²) in [7, 11) is 1.48. The quantitative estimate of drug-likeness (QED) is 0.679. The van der Waals surface area contributed by atoms with Gasteiger partial charge in [0.1, 0.15) is 0 Å². The van der Waals surface area contributed by atoms with Gasteiger partial charge in [-0.2, -0.15) is 0 Å². The van der Waals surface area contributed by atoms with Crippen molar-refractivity contribution in [2.24, 2.45) is 11.8 Å². The Morgan fingerprint density at radius 1 is 1.43 bits per heavy atom. The van der Waals surface area contributed by atoms with Gasteiger partial charge in [-0.1, -0.05) is 12.8 Å². The molecule has 1 aliphatic carbocycles. The lowest BCUT2D eigenvalue weighted by Gasteiger charge is -2.27. The number of hydrogen-bond donors (Lipinski definition) is 1. The van der Waals surface area contributed by atoms with Crippen LogP contribution in [-0.4, -0.2) is 25.7 Å². The van der Waals surface area contributed by atoms with Crippen molar-refractivity contribution in [3.05, 3.63) is 0 Å². The zero-order chi connectivity index (χ0) is 9.97. The van der Waals surface area contributed by atoms with Crippen molar-refractivity contribution in [1.29, 1.82) is 0 Å². The number of carbonyl (C=O) groups is 1. The van der Waals surface area contributed by atoms with E-state index in [0.717, 1.165) is 12.5 Å². The first-order chi connectivity index (χ1) is 6.81. The van der Waals surface area contributed by atoms with E-state index in [0.29, 0.717) is 18.4 Å². The molecule has 0 amide bonds. The van der Waals surface area contributed by atoms with Crippen LogP contribution >= 0.6 is 0 Å². The number of nitrogens with one attached hydrogen (secondary N) is 1. The van der Waals surface area contributed by atoms with Gasteiger partial charge in [-0.15, -0.1) is 0 Å². The average Bonchev–Trinajstić information content (AvgIpc) is 2.62. The van der Waals surface area contributed by atoms with E-state index in [9.17, 15) is 4.79 Å². The molecule has 0 radical (unpaired) electrons. The molecular formula is C11H19NO2. The van der Waals surface area contributed by atoms with Crippen molar-refractivity contribution in [2.45, 2.75) is 38.1 Å². The van der Waals surface area contributed by atoms with Crippen LogP contribution in [-0.2, 0) is 9.53 Å². The Morgan fingerprint density at radius 2 is 2.21 bits per heavy atom. The summed E-state index contributed by atoms with van der Waals surface area (Å²) in [6.45, 7) is 1.00. The molecule has 2 fully saturated rings. The highest BCUT2D eigenvalue weighted by molar-refractivity contribution is 5.69. The Kier molecular flexibility index (Phi) is 3.06. The molecule has 80 valence electrons. The van der Waals surface area contributed by atoms with Crippen molar-refractivity contribution in [3.8, 4) is 0 Å². The SMILES string of the molecule is COC(=O)CC1CNC2CCCCC12. The molecule has 1 saturated carbocycles. The number of hydrogen-bond acceptors (Lipinski definition) is 3. The Hall–Kier alpha value is -0.570. The first kappa shape index (κ1) is 9.97. The number of methoxy groups -OCH3 is 1. The zero-order valence-electron chi connectivity index (χ0n) is 8.79. The molecule has 2 rings (SSSR count). The Bertz CT molecular complexity index is 217. The normalized spacial score (nSPS) is 36.5.